The Hall–Kier alpha value is -1.66. The van der Waals surface area contributed by atoms with Gasteiger partial charge in [0.05, 0.1) is 0 Å². The maximum Gasteiger partial charge on any atom is 0.407 e. The summed E-state index contributed by atoms with van der Waals surface area (Å²) < 4.78 is 10.0. The lowest BCUT2D eigenvalue weighted by atomic mass is 10.2. The van der Waals surface area contributed by atoms with Gasteiger partial charge < -0.3 is 25.8 Å². The topological polar surface area (TPSA) is 126 Å². The molecule has 0 heterocycles. The number of amides is 2. The molecule has 0 spiro atoms. The minimum atomic E-state index is -0.453. The van der Waals surface area contributed by atoms with Gasteiger partial charge in [-0.25, -0.2) is 9.59 Å². The van der Waals surface area contributed by atoms with Crippen LogP contribution in [0.25, 0.3) is 0 Å². The van der Waals surface area contributed by atoms with E-state index in [4.69, 9.17) is 20.5 Å². The second kappa shape index (κ2) is 14.5. The van der Waals surface area contributed by atoms with E-state index in [9.17, 15) is 9.59 Å². The highest BCUT2D eigenvalue weighted by Crippen LogP contribution is 2.07. The Labute approximate surface area is 161 Å². The molecule has 0 atom stereocenters. The van der Waals surface area contributed by atoms with Gasteiger partial charge in [-0.1, -0.05) is 0 Å². The molecule has 0 aromatic rings. The van der Waals surface area contributed by atoms with Gasteiger partial charge in [0, 0.05) is 18.8 Å². The molecule has 0 aliphatic carbocycles. The Balaban J connectivity index is 0. The molecular formula is C17H34N4O4S. The molecule has 8 nitrogen and oxygen atoms in total. The van der Waals surface area contributed by atoms with Gasteiger partial charge >= 0.3 is 12.2 Å². The predicted octanol–water partition coefficient (Wildman–Crippen LogP) is 2.98. The average Bonchev–Trinajstić information content (AvgIpc) is 2.44. The number of alkyl carbamates (subject to hydrolysis) is 2. The molecule has 0 unspecified atom stereocenters. The molecule has 0 saturated heterocycles. The molecule has 0 aromatic carbocycles. The molecule has 0 rings (SSSR count). The van der Waals surface area contributed by atoms with Gasteiger partial charge in [0.2, 0.25) is 0 Å². The van der Waals surface area contributed by atoms with Gasteiger partial charge in [-0.05, 0) is 72.7 Å². The van der Waals surface area contributed by atoms with E-state index in [1.165, 1.54) is 11.8 Å². The highest BCUT2D eigenvalue weighted by molar-refractivity contribution is 8.03. The molecular weight excluding hydrogens is 356 g/mol. The van der Waals surface area contributed by atoms with E-state index in [1.807, 2.05) is 46.9 Å². The van der Waals surface area contributed by atoms with Crippen LogP contribution in [0, 0.1) is 10.7 Å². The SMILES string of the molecule is CC(C)(C)OC(=O)NCCCN.CC(C)(C)OC(=O)NCCCSC#N. The monoisotopic (exact) mass is 390 g/mol. The number of hydrogen-bond donors (Lipinski definition) is 3. The summed E-state index contributed by atoms with van der Waals surface area (Å²) in [5, 5.41) is 15.4. The number of thiocyanates is 1. The Morgan fingerprint density at radius 1 is 0.962 bits per heavy atom. The fourth-order valence-electron chi connectivity index (χ4n) is 1.30. The van der Waals surface area contributed by atoms with Gasteiger partial charge in [-0.3, -0.25) is 0 Å². The van der Waals surface area contributed by atoms with Crippen molar-refractivity contribution < 1.29 is 19.1 Å². The molecule has 4 N–H and O–H groups in total. The molecule has 9 heteroatoms. The van der Waals surface area contributed by atoms with E-state index in [1.54, 1.807) is 0 Å². The number of carbonyl (C=O) groups excluding carboxylic acids is 2. The van der Waals surface area contributed by atoms with Crippen LogP contribution in [-0.2, 0) is 9.47 Å². The summed E-state index contributed by atoms with van der Waals surface area (Å²) >= 11 is 1.19. The van der Waals surface area contributed by atoms with Crippen molar-refractivity contribution in [2.45, 2.75) is 65.6 Å². The number of carbonyl (C=O) groups is 2. The standard InChI is InChI=1S/C9H16N2O2S.C8H18N2O2/c1-9(2,3)13-8(12)11-5-4-6-14-7-10;1-8(2,3)12-7(11)10-6-4-5-9/h4-6H2,1-3H3,(H,11,12);4-6,9H2,1-3H3,(H,10,11). The van der Waals surface area contributed by atoms with Crippen molar-refractivity contribution in [1.82, 2.24) is 10.6 Å². The summed E-state index contributed by atoms with van der Waals surface area (Å²) in [6.45, 7) is 12.6. The molecule has 0 fully saturated rings. The summed E-state index contributed by atoms with van der Waals surface area (Å²) in [6, 6.07) is 0. The number of nitriles is 1. The third kappa shape index (κ3) is 24.6. The predicted molar refractivity (Wildman–Crippen MR) is 105 cm³/mol. The average molecular weight is 391 g/mol. The van der Waals surface area contributed by atoms with Gasteiger partial charge in [0.1, 0.15) is 16.6 Å². The lowest BCUT2D eigenvalue weighted by Crippen LogP contribution is -2.33. The van der Waals surface area contributed by atoms with Crippen LogP contribution in [0.15, 0.2) is 0 Å². The fraction of sp³-hybridized carbons (Fsp3) is 0.824. The maximum atomic E-state index is 11.1. The summed E-state index contributed by atoms with van der Waals surface area (Å²) in [7, 11) is 0. The fourth-order valence-corrected chi connectivity index (χ4v) is 1.68. The molecule has 0 aliphatic rings. The van der Waals surface area contributed by atoms with Crippen LogP contribution in [0.4, 0.5) is 9.59 Å². The summed E-state index contributed by atoms with van der Waals surface area (Å²) in [4.78, 5) is 22.0. The first-order valence-corrected chi connectivity index (χ1v) is 9.54. The second-order valence-corrected chi connectivity index (χ2v) is 8.17. The minimum absolute atomic E-state index is 0.379. The van der Waals surface area contributed by atoms with Crippen LogP contribution in [0.1, 0.15) is 54.4 Å². The summed E-state index contributed by atoms with van der Waals surface area (Å²) in [5.41, 5.74) is 4.37. The van der Waals surface area contributed by atoms with Crippen LogP contribution in [0.3, 0.4) is 0 Å². The Morgan fingerprint density at radius 3 is 1.73 bits per heavy atom. The van der Waals surface area contributed by atoms with Crippen molar-refractivity contribution >= 4 is 23.9 Å². The number of nitrogens with one attached hydrogen (secondary N) is 2. The molecule has 0 saturated carbocycles. The molecule has 0 aromatic heterocycles. The number of nitrogens with two attached hydrogens (primary N) is 1. The minimum Gasteiger partial charge on any atom is -0.444 e. The molecule has 0 radical (unpaired) electrons. The number of nitrogens with zero attached hydrogens (tertiary/aromatic N) is 1. The van der Waals surface area contributed by atoms with Gasteiger partial charge in [0.15, 0.2) is 0 Å². The number of thioether (sulfide) groups is 1. The maximum absolute atomic E-state index is 11.1. The molecule has 2 amide bonds. The zero-order valence-electron chi connectivity index (χ0n) is 16.8. The lowest BCUT2D eigenvalue weighted by molar-refractivity contribution is 0.0516. The van der Waals surface area contributed by atoms with E-state index in [0.29, 0.717) is 19.6 Å². The number of rotatable bonds is 7. The Kier molecular flexibility index (Phi) is 14.8. The summed E-state index contributed by atoms with van der Waals surface area (Å²) in [5.74, 6) is 0.728. The van der Waals surface area contributed by atoms with E-state index >= 15 is 0 Å². The number of hydrogen-bond acceptors (Lipinski definition) is 7. The summed E-state index contributed by atoms with van der Waals surface area (Å²) in [6.07, 6.45) is 0.770. The number of ether oxygens (including phenoxy) is 2. The second-order valence-electron chi connectivity index (χ2n) is 7.29. The molecule has 0 bridgehead atoms. The van der Waals surface area contributed by atoms with E-state index in [0.717, 1.165) is 18.6 Å². The Morgan fingerprint density at radius 2 is 1.38 bits per heavy atom. The first-order chi connectivity index (χ1) is 11.9. The van der Waals surface area contributed by atoms with E-state index in [-0.39, 0.29) is 6.09 Å². The van der Waals surface area contributed by atoms with Crippen LogP contribution in [0.5, 0.6) is 0 Å². The van der Waals surface area contributed by atoms with Crippen molar-refractivity contribution in [1.29, 1.82) is 5.26 Å². The van der Waals surface area contributed by atoms with Gasteiger partial charge in [-0.2, -0.15) is 5.26 Å². The van der Waals surface area contributed by atoms with Crippen LogP contribution in [-0.4, -0.2) is 48.8 Å². The van der Waals surface area contributed by atoms with Crippen molar-refractivity contribution in [2.75, 3.05) is 25.4 Å². The van der Waals surface area contributed by atoms with Crippen LogP contribution in [0.2, 0.25) is 0 Å². The first kappa shape index (κ1) is 26.6. The normalized spacial score (nSPS) is 10.7. The van der Waals surface area contributed by atoms with Crippen molar-refractivity contribution in [3.8, 4) is 5.40 Å². The lowest BCUT2D eigenvalue weighted by Gasteiger charge is -2.19. The van der Waals surface area contributed by atoms with Crippen molar-refractivity contribution in [3.05, 3.63) is 0 Å². The van der Waals surface area contributed by atoms with Crippen LogP contribution >= 0.6 is 11.8 Å². The molecule has 0 aliphatic heterocycles. The van der Waals surface area contributed by atoms with E-state index in [2.05, 4.69) is 10.6 Å². The first-order valence-electron chi connectivity index (χ1n) is 8.56. The largest absolute Gasteiger partial charge is 0.444 e. The highest BCUT2D eigenvalue weighted by Gasteiger charge is 2.15. The Bertz CT molecular complexity index is 440. The third-order valence-corrected chi connectivity index (χ3v) is 2.83. The van der Waals surface area contributed by atoms with Crippen LogP contribution < -0.4 is 16.4 Å². The molecule has 26 heavy (non-hydrogen) atoms. The zero-order valence-corrected chi connectivity index (χ0v) is 17.6. The quantitative estimate of drug-likeness (QED) is 0.450. The van der Waals surface area contributed by atoms with Crippen molar-refractivity contribution in [2.24, 2.45) is 5.73 Å². The smallest absolute Gasteiger partial charge is 0.407 e. The van der Waals surface area contributed by atoms with Crippen molar-refractivity contribution in [3.63, 3.8) is 0 Å². The third-order valence-electron chi connectivity index (χ3n) is 2.21. The highest BCUT2D eigenvalue weighted by atomic mass is 32.2. The van der Waals surface area contributed by atoms with Gasteiger partial charge in [0.25, 0.3) is 0 Å². The van der Waals surface area contributed by atoms with Gasteiger partial charge in [-0.15, -0.1) is 0 Å². The van der Waals surface area contributed by atoms with E-state index < -0.39 is 17.3 Å². The molecule has 152 valence electrons. The zero-order chi connectivity index (χ0) is 20.6.